The van der Waals surface area contributed by atoms with E-state index in [1.807, 2.05) is 10.8 Å². The molecule has 0 unspecified atom stereocenters. The monoisotopic (exact) mass is 314 g/mol. The first-order valence-electron chi connectivity index (χ1n) is 5.74. The maximum absolute atomic E-state index is 12.0. The molecule has 2 aliphatic rings. The van der Waals surface area contributed by atoms with Crippen molar-refractivity contribution < 1.29 is 4.79 Å². The minimum atomic E-state index is -0.0597. The fourth-order valence-electron chi connectivity index (χ4n) is 1.87. The molecule has 8 heteroatoms. The number of amides is 1. The van der Waals surface area contributed by atoms with Gasteiger partial charge in [-0.3, -0.25) is 9.79 Å². The lowest BCUT2D eigenvalue weighted by Crippen LogP contribution is -2.24. The first-order chi connectivity index (χ1) is 9.26. The summed E-state index contributed by atoms with van der Waals surface area (Å²) in [5.74, 6) is 0.303. The largest absolute Gasteiger partial charge is 0.322 e. The molecule has 0 saturated heterocycles. The second kappa shape index (κ2) is 5.52. The first-order valence-corrected chi connectivity index (χ1v) is 8.03. The number of rotatable bonds is 4. The Balaban J connectivity index is 1.58. The van der Waals surface area contributed by atoms with Gasteiger partial charge in [0.1, 0.15) is 0 Å². The van der Waals surface area contributed by atoms with Gasteiger partial charge in [0.25, 0.3) is 0 Å². The van der Waals surface area contributed by atoms with Crippen LogP contribution >= 0.6 is 34.7 Å². The number of thioether (sulfide) groups is 1. The van der Waals surface area contributed by atoms with Gasteiger partial charge in [-0.1, -0.05) is 11.8 Å². The van der Waals surface area contributed by atoms with Crippen molar-refractivity contribution in [2.24, 2.45) is 4.99 Å². The lowest BCUT2D eigenvalue weighted by atomic mass is 10.3. The number of amidine groups is 1. The van der Waals surface area contributed by atoms with Crippen molar-refractivity contribution in [3.8, 4) is 0 Å². The number of alkyl halides is 1. The van der Waals surface area contributed by atoms with E-state index in [0.717, 1.165) is 29.6 Å². The standard InChI is InChI=1S/C11H11ClN4OS2/c12-4-7-5-18-10(14-7)15-9(17)3-8-6-19-11-13-1-2-16(8)11/h5-6H,1-4H2,(H,14,15,17). The Morgan fingerprint density at radius 1 is 1.58 bits per heavy atom. The highest BCUT2D eigenvalue weighted by Crippen LogP contribution is 2.31. The van der Waals surface area contributed by atoms with Crippen molar-refractivity contribution in [1.82, 2.24) is 9.88 Å². The number of anilines is 1. The van der Waals surface area contributed by atoms with E-state index in [1.54, 1.807) is 11.8 Å². The molecule has 0 fully saturated rings. The zero-order chi connectivity index (χ0) is 13.2. The number of aromatic nitrogens is 1. The number of carbonyl (C=O) groups excluding carboxylic acids is 1. The number of fused-ring (bicyclic) bond motifs is 1. The van der Waals surface area contributed by atoms with E-state index in [9.17, 15) is 4.79 Å². The lowest BCUT2D eigenvalue weighted by Gasteiger charge is -2.15. The highest BCUT2D eigenvalue weighted by atomic mass is 35.5. The number of nitrogens with one attached hydrogen (secondary N) is 1. The molecule has 1 amide bonds. The summed E-state index contributed by atoms with van der Waals surface area (Å²) < 4.78 is 0. The van der Waals surface area contributed by atoms with Crippen LogP contribution < -0.4 is 5.32 Å². The van der Waals surface area contributed by atoms with Crippen molar-refractivity contribution in [3.05, 3.63) is 22.2 Å². The summed E-state index contributed by atoms with van der Waals surface area (Å²) in [5, 5.41) is 8.23. The Kier molecular flexibility index (Phi) is 3.76. The molecule has 1 aromatic rings. The average molecular weight is 315 g/mol. The van der Waals surface area contributed by atoms with Crippen molar-refractivity contribution in [3.63, 3.8) is 0 Å². The van der Waals surface area contributed by atoms with Gasteiger partial charge in [-0.05, 0) is 5.41 Å². The van der Waals surface area contributed by atoms with Gasteiger partial charge in [0.2, 0.25) is 5.91 Å². The second-order valence-electron chi connectivity index (χ2n) is 4.05. The molecule has 0 spiro atoms. The van der Waals surface area contributed by atoms with Gasteiger partial charge in [-0.15, -0.1) is 22.9 Å². The molecule has 5 nitrogen and oxygen atoms in total. The Hall–Kier alpha value is -1.05. The van der Waals surface area contributed by atoms with Crippen LogP contribution in [-0.4, -0.2) is 34.0 Å². The number of hydrogen-bond acceptors (Lipinski definition) is 6. The van der Waals surface area contributed by atoms with Crippen LogP contribution in [0.2, 0.25) is 0 Å². The summed E-state index contributed by atoms with van der Waals surface area (Å²) in [4.78, 5) is 22.6. The van der Waals surface area contributed by atoms with Crippen LogP contribution in [0.1, 0.15) is 12.1 Å². The summed E-state index contributed by atoms with van der Waals surface area (Å²) >= 11 is 8.65. The lowest BCUT2D eigenvalue weighted by molar-refractivity contribution is -0.115. The number of halogens is 1. The van der Waals surface area contributed by atoms with Crippen molar-refractivity contribution in [1.29, 1.82) is 0 Å². The van der Waals surface area contributed by atoms with Crippen LogP contribution in [0.15, 0.2) is 21.5 Å². The maximum atomic E-state index is 12.0. The minimum Gasteiger partial charge on any atom is -0.322 e. The molecule has 2 aliphatic heterocycles. The van der Waals surface area contributed by atoms with Gasteiger partial charge in [0, 0.05) is 17.6 Å². The van der Waals surface area contributed by atoms with E-state index in [1.165, 1.54) is 11.3 Å². The number of hydrogen-bond donors (Lipinski definition) is 1. The smallest absolute Gasteiger partial charge is 0.232 e. The van der Waals surface area contributed by atoms with Gasteiger partial charge in [0.15, 0.2) is 10.3 Å². The van der Waals surface area contributed by atoms with Crippen molar-refractivity contribution >= 4 is 50.9 Å². The first kappa shape index (κ1) is 13.0. The molecule has 0 bridgehead atoms. The highest BCUT2D eigenvalue weighted by Gasteiger charge is 2.27. The predicted molar refractivity (Wildman–Crippen MR) is 79.6 cm³/mol. The summed E-state index contributed by atoms with van der Waals surface area (Å²) in [7, 11) is 0. The predicted octanol–water partition coefficient (Wildman–Crippen LogP) is 2.47. The van der Waals surface area contributed by atoms with Crippen LogP contribution in [0.5, 0.6) is 0 Å². The van der Waals surface area contributed by atoms with E-state index < -0.39 is 0 Å². The molecule has 0 radical (unpaired) electrons. The Morgan fingerprint density at radius 3 is 3.26 bits per heavy atom. The SMILES string of the molecule is O=C(CC1=CSC2=NCCN12)Nc1nc(CCl)cs1. The quantitative estimate of drug-likeness (QED) is 0.867. The third-order valence-electron chi connectivity index (χ3n) is 2.73. The maximum Gasteiger partial charge on any atom is 0.232 e. The molecule has 1 N–H and O–H groups in total. The molecule has 0 aromatic carbocycles. The Labute approximate surface area is 123 Å². The number of thiazole rings is 1. The van der Waals surface area contributed by atoms with Gasteiger partial charge in [0.05, 0.1) is 24.5 Å². The summed E-state index contributed by atoms with van der Waals surface area (Å²) in [6.45, 7) is 1.68. The van der Waals surface area contributed by atoms with Gasteiger partial charge >= 0.3 is 0 Å². The molecular weight excluding hydrogens is 304 g/mol. The van der Waals surface area contributed by atoms with Crippen molar-refractivity contribution in [2.75, 3.05) is 18.4 Å². The molecule has 3 heterocycles. The molecule has 1 aromatic heterocycles. The van der Waals surface area contributed by atoms with Crippen molar-refractivity contribution in [2.45, 2.75) is 12.3 Å². The van der Waals surface area contributed by atoms with Crippen LogP contribution in [0.4, 0.5) is 5.13 Å². The highest BCUT2D eigenvalue weighted by molar-refractivity contribution is 8.16. The van der Waals surface area contributed by atoms with Gasteiger partial charge < -0.3 is 10.2 Å². The molecular formula is C11H11ClN4OS2. The molecule has 3 rings (SSSR count). The van der Waals surface area contributed by atoms with Crippen LogP contribution in [0.25, 0.3) is 0 Å². The fourth-order valence-corrected chi connectivity index (χ4v) is 3.78. The molecule has 0 atom stereocenters. The fraction of sp³-hybridized carbons (Fsp3) is 0.364. The summed E-state index contributed by atoms with van der Waals surface area (Å²) in [6.07, 6.45) is 0.349. The topological polar surface area (TPSA) is 57.6 Å². The van der Waals surface area contributed by atoms with Crippen LogP contribution in [-0.2, 0) is 10.7 Å². The molecule has 19 heavy (non-hydrogen) atoms. The number of carbonyl (C=O) groups is 1. The minimum absolute atomic E-state index is 0.0597. The Morgan fingerprint density at radius 2 is 2.47 bits per heavy atom. The number of aliphatic imine (C=N–C) groups is 1. The molecule has 100 valence electrons. The third-order valence-corrected chi connectivity index (χ3v) is 4.76. The summed E-state index contributed by atoms with van der Waals surface area (Å²) in [5.41, 5.74) is 1.79. The van der Waals surface area contributed by atoms with E-state index in [4.69, 9.17) is 11.6 Å². The molecule has 0 saturated carbocycles. The van der Waals surface area contributed by atoms with Gasteiger partial charge in [-0.2, -0.15) is 0 Å². The number of nitrogens with zero attached hydrogens (tertiary/aromatic N) is 3. The van der Waals surface area contributed by atoms with Crippen LogP contribution in [0.3, 0.4) is 0 Å². The van der Waals surface area contributed by atoms with E-state index in [0.29, 0.717) is 17.4 Å². The summed E-state index contributed by atoms with van der Waals surface area (Å²) in [6, 6.07) is 0. The molecule has 0 aliphatic carbocycles. The second-order valence-corrected chi connectivity index (χ2v) is 6.01. The average Bonchev–Trinajstić information content (AvgIpc) is 3.07. The van der Waals surface area contributed by atoms with Gasteiger partial charge in [-0.25, -0.2) is 4.98 Å². The van der Waals surface area contributed by atoms with Crippen LogP contribution in [0, 0.1) is 0 Å². The zero-order valence-electron chi connectivity index (χ0n) is 9.93. The zero-order valence-corrected chi connectivity index (χ0v) is 12.3. The van der Waals surface area contributed by atoms with E-state index in [-0.39, 0.29) is 5.91 Å². The van der Waals surface area contributed by atoms with E-state index >= 15 is 0 Å². The third kappa shape index (κ3) is 2.77. The normalized spacial score (nSPS) is 17.2. The van der Waals surface area contributed by atoms with E-state index in [2.05, 4.69) is 20.2 Å². The Bertz CT molecular complexity index is 569.